The summed E-state index contributed by atoms with van der Waals surface area (Å²) in [6.07, 6.45) is 0.382. The molecule has 1 aliphatic carbocycles. The molecule has 0 aromatic heterocycles. The highest BCUT2D eigenvalue weighted by molar-refractivity contribution is 9.10. The topological polar surface area (TPSA) is 20.2 Å². The molecule has 0 radical (unpaired) electrons. The Bertz CT molecular complexity index is 354. The lowest BCUT2D eigenvalue weighted by atomic mass is 9.66. The number of aliphatic hydroxyl groups is 1. The van der Waals surface area contributed by atoms with Gasteiger partial charge in [0.25, 0.3) is 0 Å². The van der Waals surface area contributed by atoms with Crippen molar-refractivity contribution in [2.75, 3.05) is 0 Å². The van der Waals surface area contributed by atoms with Crippen LogP contribution in [0.1, 0.15) is 25.3 Å². The van der Waals surface area contributed by atoms with Crippen LogP contribution in [0.5, 0.6) is 0 Å². The summed E-state index contributed by atoms with van der Waals surface area (Å²) in [7, 11) is 0. The Hall–Kier alpha value is -0.410. The summed E-state index contributed by atoms with van der Waals surface area (Å²) in [5.74, 6) is 0. The van der Waals surface area contributed by atoms with Crippen molar-refractivity contribution in [3.63, 3.8) is 0 Å². The molecule has 14 heavy (non-hydrogen) atoms. The highest BCUT2D eigenvalue weighted by atomic mass is 79.9. The molecule has 0 spiro atoms. The fourth-order valence-electron chi connectivity index (χ4n) is 2.13. The Kier molecular flexibility index (Phi) is 2.20. The molecule has 0 bridgehead atoms. The van der Waals surface area contributed by atoms with Gasteiger partial charge in [-0.1, -0.05) is 28.1 Å². The molecule has 1 aromatic carbocycles. The molecule has 1 nitrogen and oxygen atoms in total. The van der Waals surface area contributed by atoms with Crippen LogP contribution in [0.15, 0.2) is 28.7 Å². The normalized spacial score (nSPS) is 36.6. The van der Waals surface area contributed by atoms with Gasteiger partial charge >= 0.3 is 0 Å². The van der Waals surface area contributed by atoms with Crippen molar-refractivity contribution in [1.82, 2.24) is 0 Å². The number of alkyl halides is 1. The maximum atomic E-state index is 14.1. The zero-order valence-corrected chi connectivity index (χ0v) is 9.51. The number of benzene rings is 1. The summed E-state index contributed by atoms with van der Waals surface area (Å²) in [6.45, 7) is 1.67. The summed E-state index contributed by atoms with van der Waals surface area (Å²) < 4.78 is 15.0. The van der Waals surface area contributed by atoms with E-state index in [4.69, 9.17) is 0 Å². The third-order valence-electron chi connectivity index (χ3n) is 2.66. The highest BCUT2D eigenvalue weighted by Gasteiger charge is 2.52. The lowest BCUT2D eigenvalue weighted by molar-refractivity contribution is -0.133. The van der Waals surface area contributed by atoms with Gasteiger partial charge in [-0.25, -0.2) is 4.39 Å². The third kappa shape index (κ3) is 1.71. The summed E-state index contributed by atoms with van der Waals surface area (Å²) in [4.78, 5) is 0. The average Bonchev–Trinajstić information content (AvgIpc) is 2.00. The van der Waals surface area contributed by atoms with Crippen molar-refractivity contribution in [2.24, 2.45) is 0 Å². The Morgan fingerprint density at radius 1 is 1.43 bits per heavy atom. The van der Waals surface area contributed by atoms with Crippen molar-refractivity contribution in [3.05, 3.63) is 34.3 Å². The van der Waals surface area contributed by atoms with E-state index in [1.54, 1.807) is 19.1 Å². The van der Waals surface area contributed by atoms with E-state index in [2.05, 4.69) is 15.9 Å². The van der Waals surface area contributed by atoms with Crippen molar-refractivity contribution in [2.45, 2.75) is 31.0 Å². The van der Waals surface area contributed by atoms with E-state index in [-0.39, 0.29) is 12.8 Å². The van der Waals surface area contributed by atoms with Gasteiger partial charge < -0.3 is 5.11 Å². The van der Waals surface area contributed by atoms with Crippen molar-refractivity contribution in [3.8, 4) is 0 Å². The van der Waals surface area contributed by atoms with E-state index < -0.39 is 11.3 Å². The van der Waals surface area contributed by atoms with Crippen molar-refractivity contribution in [1.29, 1.82) is 0 Å². The molecule has 76 valence electrons. The van der Waals surface area contributed by atoms with Crippen molar-refractivity contribution < 1.29 is 9.50 Å². The van der Waals surface area contributed by atoms with Crippen LogP contribution in [0, 0.1) is 0 Å². The second-order valence-electron chi connectivity index (χ2n) is 4.33. The zero-order valence-electron chi connectivity index (χ0n) is 7.93. The van der Waals surface area contributed by atoms with Crippen LogP contribution in [0.3, 0.4) is 0 Å². The van der Waals surface area contributed by atoms with Gasteiger partial charge in [-0.3, -0.25) is 0 Å². The minimum absolute atomic E-state index is 0.191. The van der Waals surface area contributed by atoms with E-state index in [0.717, 1.165) is 4.47 Å². The quantitative estimate of drug-likeness (QED) is 0.821. The standard InChI is InChI=1S/C11H12BrFO/c1-10(14)6-11(13,7-10)8-3-2-4-9(12)5-8/h2-5,14H,6-7H2,1H3. The number of hydrogen-bond acceptors (Lipinski definition) is 1. The summed E-state index contributed by atoms with van der Waals surface area (Å²) >= 11 is 3.31. The minimum Gasteiger partial charge on any atom is -0.390 e. The Morgan fingerprint density at radius 3 is 2.57 bits per heavy atom. The van der Waals surface area contributed by atoms with Crippen LogP contribution in [-0.4, -0.2) is 10.7 Å². The van der Waals surface area contributed by atoms with E-state index in [0.29, 0.717) is 5.56 Å². The fraction of sp³-hybridized carbons (Fsp3) is 0.455. The van der Waals surface area contributed by atoms with Crippen LogP contribution < -0.4 is 0 Å². The van der Waals surface area contributed by atoms with Crippen LogP contribution in [0.25, 0.3) is 0 Å². The Morgan fingerprint density at radius 2 is 2.07 bits per heavy atom. The van der Waals surface area contributed by atoms with E-state index in [1.807, 2.05) is 12.1 Å². The molecular formula is C11H12BrFO. The smallest absolute Gasteiger partial charge is 0.141 e. The van der Waals surface area contributed by atoms with Gasteiger partial charge in [0.05, 0.1) is 5.60 Å². The fourth-order valence-corrected chi connectivity index (χ4v) is 2.53. The monoisotopic (exact) mass is 258 g/mol. The van der Waals surface area contributed by atoms with Gasteiger partial charge in [0, 0.05) is 17.3 Å². The molecule has 0 aliphatic heterocycles. The maximum absolute atomic E-state index is 14.1. The molecule has 0 heterocycles. The molecule has 1 fully saturated rings. The first kappa shape index (κ1) is 10.1. The van der Waals surface area contributed by atoms with E-state index in [9.17, 15) is 9.50 Å². The van der Waals surface area contributed by atoms with Crippen LogP contribution in [0.2, 0.25) is 0 Å². The first-order valence-electron chi connectivity index (χ1n) is 4.59. The maximum Gasteiger partial charge on any atom is 0.141 e. The molecule has 1 aromatic rings. The van der Waals surface area contributed by atoms with Crippen LogP contribution in [0.4, 0.5) is 4.39 Å². The van der Waals surface area contributed by atoms with Gasteiger partial charge in [-0.15, -0.1) is 0 Å². The molecule has 0 saturated heterocycles. The number of rotatable bonds is 1. The number of hydrogen-bond donors (Lipinski definition) is 1. The molecular weight excluding hydrogens is 247 g/mol. The van der Waals surface area contributed by atoms with E-state index in [1.165, 1.54) is 0 Å². The lowest BCUT2D eigenvalue weighted by Crippen LogP contribution is -2.50. The Balaban J connectivity index is 2.25. The predicted molar refractivity (Wildman–Crippen MR) is 56.8 cm³/mol. The lowest BCUT2D eigenvalue weighted by Gasteiger charge is -2.46. The highest BCUT2D eigenvalue weighted by Crippen LogP contribution is 2.51. The SMILES string of the molecule is CC1(O)CC(F)(c2cccc(Br)c2)C1. The average molecular weight is 259 g/mol. The van der Waals surface area contributed by atoms with Crippen LogP contribution >= 0.6 is 15.9 Å². The molecule has 0 atom stereocenters. The van der Waals surface area contributed by atoms with Gasteiger partial charge in [0.15, 0.2) is 0 Å². The second-order valence-corrected chi connectivity index (χ2v) is 5.24. The molecule has 3 heteroatoms. The third-order valence-corrected chi connectivity index (χ3v) is 3.16. The second kappa shape index (κ2) is 3.04. The molecule has 0 unspecified atom stereocenters. The minimum atomic E-state index is -1.34. The van der Waals surface area contributed by atoms with Gasteiger partial charge in [0.1, 0.15) is 5.67 Å². The first-order chi connectivity index (χ1) is 6.41. The molecule has 0 amide bonds. The summed E-state index contributed by atoms with van der Waals surface area (Å²) in [5, 5.41) is 9.53. The molecule has 1 N–H and O–H groups in total. The molecule has 1 saturated carbocycles. The summed E-state index contributed by atoms with van der Waals surface area (Å²) in [6, 6.07) is 7.21. The van der Waals surface area contributed by atoms with Gasteiger partial charge in [-0.2, -0.15) is 0 Å². The van der Waals surface area contributed by atoms with E-state index >= 15 is 0 Å². The predicted octanol–water partition coefficient (Wildman–Crippen LogP) is 3.16. The van der Waals surface area contributed by atoms with Crippen molar-refractivity contribution >= 4 is 15.9 Å². The summed E-state index contributed by atoms with van der Waals surface area (Å²) in [5.41, 5.74) is -1.52. The van der Waals surface area contributed by atoms with Gasteiger partial charge in [0.2, 0.25) is 0 Å². The Labute approximate surface area is 91.1 Å². The number of halogens is 2. The largest absolute Gasteiger partial charge is 0.390 e. The molecule has 1 aliphatic rings. The van der Waals surface area contributed by atoms with Gasteiger partial charge in [-0.05, 0) is 24.6 Å². The van der Waals surface area contributed by atoms with Crippen LogP contribution in [-0.2, 0) is 5.67 Å². The first-order valence-corrected chi connectivity index (χ1v) is 5.38. The zero-order chi connectivity index (χ0) is 10.4. The molecule has 2 rings (SSSR count).